The molecule has 0 saturated heterocycles. The molecule has 0 amide bonds. The lowest BCUT2D eigenvalue weighted by molar-refractivity contribution is 0.0189. The number of aromatic nitrogens is 4. The van der Waals surface area contributed by atoms with Gasteiger partial charge in [-0.05, 0) is 32.1 Å². The van der Waals surface area contributed by atoms with Gasteiger partial charge in [-0.25, -0.2) is 19.5 Å². The number of fused-ring (bicyclic) bond motifs is 1. The predicted octanol–water partition coefficient (Wildman–Crippen LogP) is 5.63. The van der Waals surface area contributed by atoms with Gasteiger partial charge >= 0.3 is 15.4 Å². The van der Waals surface area contributed by atoms with Crippen LogP contribution in [0.5, 0.6) is 0 Å². The zero-order valence-corrected chi connectivity index (χ0v) is 28.3. The fourth-order valence-electron chi connectivity index (χ4n) is 4.73. The van der Waals surface area contributed by atoms with Crippen molar-refractivity contribution in [1.82, 2.24) is 19.5 Å². The van der Waals surface area contributed by atoms with E-state index in [0.717, 1.165) is 12.8 Å². The number of unbranched alkanes of at least 4 members (excludes halogenated alkanes) is 12. The van der Waals surface area contributed by atoms with Crippen LogP contribution in [0.1, 0.15) is 103 Å². The summed E-state index contributed by atoms with van der Waals surface area (Å²) in [5.41, 5.74) is 6.73. The summed E-state index contributed by atoms with van der Waals surface area (Å²) >= 11 is 0. The second kappa shape index (κ2) is 22.0. The van der Waals surface area contributed by atoms with Gasteiger partial charge in [-0.1, -0.05) is 76.9 Å². The minimum atomic E-state index is -4.84. The van der Waals surface area contributed by atoms with E-state index in [-0.39, 0.29) is 12.4 Å². The molecule has 0 fully saturated rings. The molecule has 0 saturated carbocycles. The molecule has 6 N–H and O–H groups in total. The van der Waals surface area contributed by atoms with E-state index < -0.39 is 34.5 Å². The van der Waals surface area contributed by atoms with Gasteiger partial charge in [0.25, 0.3) is 0 Å². The van der Waals surface area contributed by atoms with Gasteiger partial charge in [-0.15, -0.1) is 0 Å². The number of anilines is 1. The maximum atomic E-state index is 11.3. The number of phosphoric acid groups is 1. The Morgan fingerprint density at radius 2 is 1.51 bits per heavy atom. The summed E-state index contributed by atoms with van der Waals surface area (Å²) in [7, 11) is -9.37. The van der Waals surface area contributed by atoms with Crippen molar-refractivity contribution >= 4 is 32.4 Å². The molecule has 0 aliphatic carbocycles. The smallest absolute Gasteiger partial charge is 0.382 e. The largest absolute Gasteiger partial charge is 0.469 e. The van der Waals surface area contributed by atoms with Crippen molar-refractivity contribution in [2.45, 2.75) is 116 Å². The Morgan fingerprint density at radius 1 is 0.889 bits per heavy atom. The lowest BCUT2D eigenvalue weighted by atomic mass is 10.1. The number of nitrogens with two attached hydrogens (primary N) is 1. The number of nitrogens with zero attached hydrogens (tertiary/aromatic N) is 4. The van der Waals surface area contributed by atoms with Crippen LogP contribution in [0.4, 0.5) is 5.82 Å². The molecule has 2 aromatic heterocycles. The second-order valence-electron chi connectivity index (χ2n) is 11.3. The summed E-state index contributed by atoms with van der Waals surface area (Å²) in [5.74, 6) is 0.586. The molecule has 45 heavy (non-hydrogen) atoms. The molecule has 2 aromatic rings. The number of nitrogen functional groups attached to an aromatic ring is 1. The maximum absolute atomic E-state index is 11.3. The fraction of sp³-hybridized carbons (Fsp3) is 0.759. The van der Waals surface area contributed by atoms with E-state index >= 15 is 0 Å². The Morgan fingerprint density at radius 3 is 2.13 bits per heavy atom. The standard InChI is InChI=1S/C29H53N5O9P2/c1-2-3-4-5-6-7-8-9-10-11-12-13-14-15-16-17-19-41-20-18-26-32-28(30)27-29(33-26)34(23-31-27)21-25(22-43-45(38,39)40)42-24-44(35,36)37/h9-10,23,25H,2-8,11-22,24H2,1H3,(H2,30,32,33)(H2,35,36,37)(H2,38,39,40)/b10-9-/t25-/m0/s1. The minimum absolute atomic E-state index is 0.112. The molecule has 0 spiro atoms. The normalized spacial score (nSPS) is 13.4. The highest BCUT2D eigenvalue weighted by Crippen LogP contribution is 2.37. The van der Waals surface area contributed by atoms with Crippen LogP contribution in [0.25, 0.3) is 11.2 Å². The molecular weight excluding hydrogens is 624 g/mol. The van der Waals surface area contributed by atoms with Gasteiger partial charge in [0.2, 0.25) is 0 Å². The average Bonchev–Trinajstić information content (AvgIpc) is 3.37. The molecule has 0 aliphatic heterocycles. The molecular formula is C29H53N5O9P2. The lowest BCUT2D eigenvalue weighted by Gasteiger charge is -2.19. The highest BCUT2D eigenvalue weighted by molar-refractivity contribution is 7.51. The van der Waals surface area contributed by atoms with Crippen molar-refractivity contribution in [3.05, 3.63) is 24.3 Å². The Hall–Kier alpha value is -1.73. The molecule has 258 valence electrons. The van der Waals surface area contributed by atoms with Gasteiger partial charge in [0, 0.05) is 13.0 Å². The van der Waals surface area contributed by atoms with Gasteiger partial charge in [-0.2, -0.15) is 0 Å². The number of allylic oxidation sites excluding steroid dienone is 2. The van der Waals surface area contributed by atoms with Crippen LogP contribution in [0.15, 0.2) is 18.5 Å². The Balaban J connectivity index is 1.66. The molecule has 0 bridgehead atoms. The van der Waals surface area contributed by atoms with E-state index in [4.69, 9.17) is 34.8 Å². The Labute approximate surface area is 266 Å². The van der Waals surface area contributed by atoms with Crippen molar-refractivity contribution < 1.29 is 42.7 Å². The third kappa shape index (κ3) is 18.9. The molecule has 16 heteroatoms. The van der Waals surface area contributed by atoms with E-state index in [1.54, 1.807) is 0 Å². The molecule has 0 unspecified atom stereocenters. The first-order chi connectivity index (χ1) is 21.5. The third-order valence-electron chi connectivity index (χ3n) is 7.11. The number of hydrogen-bond acceptors (Lipinski definition) is 9. The Bertz CT molecular complexity index is 1190. The first-order valence-electron chi connectivity index (χ1n) is 16.0. The first-order valence-corrected chi connectivity index (χ1v) is 19.4. The van der Waals surface area contributed by atoms with Crippen LogP contribution in [0.3, 0.4) is 0 Å². The molecule has 2 heterocycles. The molecule has 0 aromatic carbocycles. The predicted molar refractivity (Wildman–Crippen MR) is 173 cm³/mol. The molecule has 0 radical (unpaired) electrons. The quantitative estimate of drug-likeness (QED) is 0.0441. The van der Waals surface area contributed by atoms with Crippen LogP contribution in [0.2, 0.25) is 0 Å². The van der Waals surface area contributed by atoms with Crippen molar-refractivity contribution in [3.63, 3.8) is 0 Å². The van der Waals surface area contributed by atoms with Crippen LogP contribution in [0, 0.1) is 0 Å². The summed E-state index contributed by atoms with van der Waals surface area (Å²) in [6.07, 6.45) is 21.9. The Kier molecular flexibility index (Phi) is 19.2. The van der Waals surface area contributed by atoms with Crippen molar-refractivity contribution in [3.8, 4) is 0 Å². The van der Waals surface area contributed by atoms with Gasteiger partial charge in [0.1, 0.15) is 23.8 Å². The van der Waals surface area contributed by atoms with Crippen molar-refractivity contribution in [2.24, 2.45) is 0 Å². The molecule has 1 atom stereocenters. The van der Waals surface area contributed by atoms with Crippen LogP contribution in [-0.2, 0) is 36.1 Å². The van der Waals surface area contributed by atoms with Gasteiger partial charge in [0.05, 0.1) is 26.1 Å². The zero-order chi connectivity index (χ0) is 33.0. The van der Waals surface area contributed by atoms with E-state index in [2.05, 4.69) is 38.6 Å². The van der Waals surface area contributed by atoms with E-state index in [1.165, 1.54) is 87.9 Å². The first kappa shape index (κ1) is 39.4. The molecule has 2 rings (SSSR count). The van der Waals surface area contributed by atoms with Gasteiger partial charge < -0.3 is 39.3 Å². The van der Waals surface area contributed by atoms with E-state index in [1.807, 2.05) is 0 Å². The monoisotopic (exact) mass is 677 g/mol. The van der Waals surface area contributed by atoms with Gasteiger partial charge in [0.15, 0.2) is 11.5 Å². The summed E-state index contributed by atoms with van der Waals surface area (Å²) in [6.45, 7) is 2.57. The molecule has 14 nitrogen and oxygen atoms in total. The van der Waals surface area contributed by atoms with E-state index in [9.17, 15) is 9.13 Å². The zero-order valence-electron chi connectivity index (χ0n) is 26.5. The number of rotatable bonds is 27. The number of ether oxygens (including phenoxy) is 2. The van der Waals surface area contributed by atoms with Crippen molar-refractivity contribution in [2.75, 3.05) is 31.9 Å². The number of hydrogen-bond donors (Lipinski definition) is 5. The van der Waals surface area contributed by atoms with Crippen LogP contribution >= 0.6 is 15.4 Å². The summed E-state index contributed by atoms with van der Waals surface area (Å²) in [5, 5.41) is 0. The summed E-state index contributed by atoms with van der Waals surface area (Å²) in [6, 6.07) is 0. The third-order valence-corrected chi connectivity index (χ3v) is 8.09. The topological polar surface area (TPSA) is 212 Å². The summed E-state index contributed by atoms with van der Waals surface area (Å²) in [4.78, 5) is 49.3. The lowest BCUT2D eigenvalue weighted by Crippen LogP contribution is -2.26. The van der Waals surface area contributed by atoms with Crippen molar-refractivity contribution in [1.29, 1.82) is 0 Å². The fourth-order valence-corrected chi connectivity index (χ4v) is 5.50. The number of phosphoric ester groups is 1. The average molecular weight is 678 g/mol. The minimum Gasteiger partial charge on any atom is -0.382 e. The maximum Gasteiger partial charge on any atom is 0.469 e. The summed E-state index contributed by atoms with van der Waals surface area (Å²) < 4.78 is 39.3. The highest BCUT2D eigenvalue weighted by Gasteiger charge is 2.24. The number of imidazole rings is 1. The van der Waals surface area contributed by atoms with Crippen LogP contribution in [-0.4, -0.2) is 71.4 Å². The molecule has 0 aliphatic rings. The SMILES string of the molecule is CCCCCCCC/C=C\CCCCCCCCOCCc1nc(N)c2ncn(C[C@@H](COP(=O)(O)O)OCP(=O)(O)O)c2n1. The van der Waals surface area contributed by atoms with E-state index in [0.29, 0.717) is 36.6 Å². The highest BCUT2D eigenvalue weighted by atomic mass is 31.2. The van der Waals surface area contributed by atoms with Gasteiger partial charge in [-0.3, -0.25) is 9.09 Å². The second-order valence-corrected chi connectivity index (χ2v) is 14.1. The van der Waals surface area contributed by atoms with Crippen LogP contribution < -0.4 is 5.73 Å².